The predicted octanol–water partition coefficient (Wildman–Crippen LogP) is 5.16. The maximum atomic E-state index is 13.8. The minimum absolute atomic E-state index is 0.278. The molecule has 0 aliphatic carbocycles. The fraction of sp³-hybridized carbons (Fsp3) is 0. The Labute approximate surface area is 185 Å². The number of rotatable bonds is 4. The van der Waals surface area contributed by atoms with E-state index in [1.54, 1.807) is 0 Å². The van der Waals surface area contributed by atoms with Gasteiger partial charge in [-0.3, -0.25) is 0 Å². The molecule has 0 nitrogen and oxygen atoms in total. The summed E-state index contributed by atoms with van der Waals surface area (Å²) < 4.78 is 13.8. The molecule has 4 rings (SSSR count). The van der Waals surface area contributed by atoms with Crippen LogP contribution in [0.3, 0.4) is 0 Å². The maximum absolute atomic E-state index is 13.8. The molecule has 0 fully saturated rings. The first-order valence-corrected chi connectivity index (χ1v) is 12.2. The van der Waals surface area contributed by atoms with Gasteiger partial charge in [0.25, 0.3) is 0 Å². The summed E-state index contributed by atoms with van der Waals surface area (Å²) in [6, 6.07) is 30.3. The minimum Gasteiger partial charge on any atom is -0.207 e. The van der Waals surface area contributed by atoms with Gasteiger partial charge in [0.05, 0.1) is 0 Å². The highest BCUT2D eigenvalue weighted by Gasteiger charge is 2.41. The van der Waals surface area contributed by atoms with Gasteiger partial charge in [-0.15, -0.1) is 0 Å². The predicted molar refractivity (Wildman–Crippen MR) is 125 cm³/mol. The quantitative estimate of drug-likeness (QED) is 0.293. The van der Waals surface area contributed by atoms with Crippen molar-refractivity contribution in [3.63, 3.8) is 0 Å². The van der Waals surface area contributed by atoms with Gasteiger partial charge < -0.3 is 0 Å². The van der Waals surface area contributed by atoms with Crippen molar-refractivity contribution >= 4 is 63.6 Å². The van der Waals surface area contributed by atoms with Crippen LogP contribution in [0.25, 0.3) is 0 Å². The molecule has 0 N–H and O–H groups in total. The molecule has 0 bridgehead atoms. The Morgan fingerprint density at radius 3 is 1.21 bits per heavy atom. The van der Waals surface area contributed by atoms with Gasteiger partial charge in [0, 0.05) is 15.1 Å². The number of benzene rings is 4. The molecule has 0 saturated carbocycles. The first kappa shape index (κ1) is 20.2. The summed E-state index contributed by atoms with van der Waals surface area (Å²) in [5, 5.41) is 6.16. The lowest BCUT2D eigenvalue weighted by Gasteiger charge is -2.34. The molecule has 4 aromatic carbocycles. The fourth-order valence-corrected chi connectivity index (χ4v) is 9.53. The number of hydrogen-bond donors (Lipinski definition) is 0. The second-order valence-electron chi connectivity index (χ2n) is 6.79. The Kier molecular flexibility index (Phi) is 5.80. The molecule has 0 spiro atoms. The standard InChI is InChI=1S/C24H16Cl3FSi/c25-17-4-1-7-22(14-17)29(21-12-10-20(28)11-13-21,23-8-2-5-18(26)15-23)24-9-3-6-19(27)16-24/h1-16H. The zero-order valence-corrected chi connectivity index (χ0v) is 18.5. The van der Waals surface area contributed by atoms with Gasteiger partial charge in [-0.25, -0.2) is 4.39 Å². The van der Waals surface area contributed by atoms with Gasteiger partial charge >= 0.3 is 0 Å². The Morgan fingerprint density at radius 2 is 0.862 bits per heavy atom. The van der Waals surface area contributed by atoms with Crippen molar-refractivity contribution in [2.75, 3.05) is 0 Å². The van der Waals surface area contributed by atoms with Crippen molar-refractivity contribution in [2.24, 2.45) is 0 Å². The zero-order valence-electron chi connectivity index (χ0n) is 15.2. The summed E-state index contributed by atoms with van der Waals surface area (Å²) in [6.07, 6.45) is 0. The van der Waals surface area contributed by atoms with E-state index in [4.69, 9.17) is 34.8 Å². The van der Waals surface area contributed by atoms with Crippen molar-refractivity contribution in [3.05, 3.63) is 118 Å². The molecule has 0 unspecified atom stereocenters. The number of hydrogen-bond acceptors (Lipinski definition) is 0. The topological polar surface area (TPSA) is 0 Å². The lowest BCUT2D eigenvalue weighted by atomic mass is 10.3. The van der Waals surface area contributed by atoms with E-state index < -0.39 is 8.07 Å². The van der Waals surface area contributed by atoms with Crippen LogP contribution < -0.4 is 20.7 Å². The van der Waals surface area contributed by atoms with Crippen LogP contribution in [0.5, 0.6) is 0 Å². The molecule has 0 heterocycles. The molecule has 4 aromatic rings. The van der Waals surface area contributed by atoms with Gasteiger partial charge in [-0.05, 0) is 69.3 Å². The second kappa shape index (κ2) is 8.33. The minimum atomic E-state index is -2.84. The summed E-state index contributed by atoms with van der Waals surface area (Å²) in [4.78, 5) is 0. The van der Waals surface area contributed by atoms with E-state index >= 15 is 0 Å². The second-order valence-corrected chi connectivity index (χ2v) is 11.9. The first-order chi connectivity index (χ1) is 14.0. The molecule has 0 aromatic heterocycles. The molecule has 0 atom stereocenters. The molecular weight excluding hydrogens is 442 g/mol. The summed E-state index contributed by atoms with van der Waals surface area (Å²) in [5.41, 5.74) is 0. The Morgan fingerprint density at radius 1 is 0.483 bits per heavy atom. The van der Waals surface area contributed by atoms with E-state index in [0.717, 1.165) is 20.7 Å². The van der Waals surface area contributed by atoms with Crippen molar-refractivity contribution in [2.45, 2.75) is 0 Å². The van der Waals surface area contributed by atoms with E-state index in [1.807, 2.05) is 66.7 Å². The highest BCUT2D eigenvalue weighted by molar-refractivity contribution is 7.20. The summed E-state index contributed by atoms with van der Waals surface area (Å²) in [7, 11) is -2.84. The fourth-order valence-electron chi connectivity index (χ4n) is 3.87. The number of halogens is 4. The van der Waals surface area contributed by atoms with Crippen molar-refractivity contribution < 1.29 is 4.39 Å². The molecular formula is C24H16Cl3FSi. The highest BCUT2D eigenvalue weighted by atomic mass is 35.5. The van der Waals surface area contributed by atoms with Gasteiger partial charge in [-0.1, -0.05) is 83.3 Å². The smallest absolute Gasteiger partial charge is 0.179 e. The largest absolute Gasteiger partial charge is 0.207 e. The van der Waals surface area contributed by atoms with Crippen LogP contribution in [-0.2, 0) is 0 Å². The molecule has 5 heteroatoms. The molecule has 0 radical (unpaired) electrons. The lowest BCUT2D eigenvalue weighted by Crippen LogP contribution is -2.74. The molecule has 29 heavy (non-hydrogen) atoms. The van der Waals surface area contributed by atoms with E-state index in [0.29, 0.717) is 15.1 Å². The van der Waals surface area contributed by atoms with E-state index in [-0.39, 0.29) is 5.82 Å². The Bertz CT molecular complexity index is 1050. The van der Waals surface area contributed by atoms with E-state index in [9.17, 15) is 4.39 Å². The molecule has 144 valence electrons. The van der Waals surface area contributed by atoms with Gasteiger partial charge in [0.2, 0.25) is 0 Å². The van der Waals surface area contributed by atoms with Crippen LogP contribution in [0.1, 0.15) is 0 Å². The zero-order chi connectivity index (χ0) is 20.4. The summed E-state index contributed by atoms with van der Waals surface area (Å²) in [5.74, 6) is -0.278. The molecule has 0 saturated heterocycles. The summed E-state index contributed by atoms with van der Waals surface area (Å²) >= 11 is 19.2. The van der Waals surface area contributed by atoms with Gasteiger partial charge in [0.15, 0.2) is 8.07 Å². The highest BCUT2D eigenvalue weighted by Crippen LogP contribution is 2.17. The first-order valence-electron chi connectivity index (χ1n) is 9.04. The molecule has 0 amide bonds. The van der Waals surface area contributed by atoms with Crippen LogP contribution in [0, 0.1) is 5.82 Å². The van der Waals surface area contributed by atoms with Gasteiger partial charge in [-0.2, -0.15) is 0 Å². The van der Waals surface area contributed by atoms with Crippen molar-refractivity contribution in [3.8, 4) is 0 Å². The third-order valence-corrected chi connectivity index (χ3v) is 10.5. The van der Waals surface area contributed by atoms with Crippen LogP contribution in [-0.4, -0.2) is 8.07 Å². The van der Waals surface area contributed by atoms with Crippen molar-refractivity contribution in [1.82, 2.24) is 0 Å². The lowest BCUT2D eigenvalue weighted by molar-refractivity contribution is 0.628. The molecule has 0 aliphatic heterocycles. The van der Waals surface area contributed by atoms with Crippen LogP contribution in [0.4, 0.5) is 4.39 Å². The average Bonchev–Trinajstić information content (AvgIpc) is 2.70. The molecule has 0 aliphatic rings. The maximum Gasteiger partial charge on any atom is 0.179 e. The monoisotopic (exact) mass is 456 g/mol. The summed E-state index contributed by atoms with van der Waals surface area (Å²) in [6.45, 7) is 0. The van der Waals surface area contributed by atoms with Crippen LogP contribution in [0.15, 0.2) is 97.1 Å². The van der Waals surface area contributed by atoms with Crippen molar-refractivity contribution in [1.29, 1.82) is 0 Å². The van der Waals surface area contributed by atoms with E-state index in [2.05, 4.69) is 18.2 Å². The third kappa shape index (κ3) is 3.86. The average molecular weight is 458 g/mol. The SMILES string of the molecule is Fc1ccc([Si](c2cccc(Cl)c2)(c2cccc(Cl)c2)c2cccc(Cl)c2)cc1. The van der Waals surface area contributed by atoms with Gasteiger partial charge in [0.1, 0.15) is 5.82 Å². The Hall–Kier alpha value is -2.10. The van der Waals surface area contributed by atoms with Crippen LogP contribution in [0.2, 0.25) is 15.1 Å². The van der Waals surface area contributed by atoms with Crippen LogP contribution >= 0.6 is 34.8 Å². The normalized spacial score (nSPS) is 11.4. The third-order valence-electron chi connectivity index (χ3n) is 5.05. The Balaban J connectivity index is 2.17. The van der Waals surface area contributed by atoms with E-state index in [1.165, 1.54) is 12.1 Å².